The Hall–Kier alpha value is -3.27. The van der Waals surface area contributed by atoms with Gasteiger partial charge >= 0.3 is 0 Å². The Balaban J connectivity index is 1.32. The maximum atomic E-state index is 6.84. The first-order valence-electron chi connectivity index (χ1n) is 13.1. The molecule has 1 aliphatic carbocycles. The lowest BCUT2D eigenvalue weighted by Gasteiger charge is -2.26. The summed E-state index contributed by atoms with van der Waals surface area (Å²) in [6.07, 6.45) is 7.25. The number of benzene rings is 1. The molecule has 1 aliphatic heterocycles. The molecule has 0 atom stereocenters. The highest BCUT2D eigenvalue weighted by molar-refractivity contribution is 6.33. The maximum absolute atomic E-state index is 6.84. The summed E-state index contributed by atoms with van der Waals surface area (Å²) in [7, 11) is 0. The predicted octanol–water partition coefficient (Wildman–Crippen LogP) is 4.11. The fraction of sp³-hybridized carbons (Fsp3) is 0.429. The Labute approximate surface area is 227 Å². The second kappa shape index (κ2) is 10.5. The van der Waals surface area contributed by atoms with Crippen LogP contribution in [0.1, 0.15) is 30.9 Å². The van der Waals surface area contributed by atoms with E-state index in [0.29, 0.717) is 41.0 Å². The van der Waals surface area contributed by atoms with Crippen molar-refractivity contribution in [1.29, 1.82) is 0 Å². The second-order valence-corrected chi connectivity index (χ2v) is 10.8. The third-order valence-corrected chi connectivity index (χ3v) is 7.45. The summed E-state index contributed by atoms with van der Waals surface area (Å²) < 4.78 is 14.3. The van der Waals surface area contributed by atoms with Crippen molar-refractivity contribution < 1.29 is 9.47 Å². The van der Waals surface area contributed by atoms with Crippen LogP contribution in [-0.2, 0) is 6.54 Å². The SMILES string of the molecule is Cc1cncc(Cn2c(-c3ccc(OCCN4CCNCC4)cc3Cl)nc3c(OC4(C)CC4)ncnc32)c1. The first kappa shape index (κ1) is 25.0. The number of aryl methyl sites for hydroxylation is 1. The summed E-state index contributed by atoms with van der Waals surface area (Å²) in [4.78, 5) is 20.8. The molecule has 0 radical (unpaired) electrons. The molecule has 3 aromatic heterocycles. The number of nitrogens with one attached hydrogen (secondary N) is 1. The number of halogens is 1. The average Bonchev–Trinajstić information content (AvgIpc) is 3.53. The standard InChI is InChI=1S/C28H32ClN7O2/c1-19-13-20(16-31-15-19)17-36-25(34-24-26(36)32-18-33-27(24)38-28(2)5-6-28)22-4-3-21(14-23(22)29)37-12-11-35-9-7-30-8-10-35/h3-4,13-16,18,30H,5-12,17H2,1-2H3. The molecular formula is C28H32ClN7O2. The minimum atomic E-state index is -0.187. The molecule has 6 rings (SSSR count). The molecule has 4 heterocycles. The van der Waals surface area contributed by atoms with Gasteiger partial charge in [0, 0.05) is 50.7 Å². The van der Waals surface area contributed by atoms with Gasteiger partial charge in [-0.1, -0.05) is 17.7 Å². The number of piperazine rings is 1. The van der Waals surface area contributed by atoms with Gasteiger partial charge in [-0.3, -0.25) is 9.88 Å². The Morgan fingerprint density at radius 1 is 1.11 bits per heavy atom. The van der Waals surface area contributed by atoms with E-state index in [1.165, 1.54) is 6.33 Å². The van der Waals surface area contributed by atoms with E-state index < -0.39 is 0 Å². The van der Waals surface area contributed by atoms with Gasteiger partial charge in [0.2, 0.25) is 5.88 Å². The third-order valence-electron chi connectivity index (χ3n) is 7.14. The number of ether oxygens (including phenoxy) is 2. The van der Waals surface area contributed by atoms with Crippen molar-refractivity contribution in [2.24, 2.45) is 0 Å². The van der Waals surface area contributed by atoms with Crippen molar-refractivity contribution in [2.75, 3.05) is 39.3 Å². The van der Waals surface area contributed by atoms with Crippen LogP contribution in [0.5, 0.6) is 11.6 Å². The van der Waals surface area contributed by atoms with Crippen LogP contribution in [-0.4, -0.2) is 74.3 Å². The molecule has 1 N–H and O–H groups in total. The van der Waals surface area contributed by atoms with Gasteiger partial charge in [-0.2, -0.15) is 4.98 Å². The number of hydrogen-bond acceptors (Lipinski definition) is 8. The lowest BCUT2D eigenvalue weighted by Crippen LogP contribution is -2.44. The summed E-state index contributed by atoms with van der Waals surface area (Å²) in [5.41, 5.74) is 4.07. The highest BCUT2D eigenvalue weighted by Gasteiger charge is 2.41. The summed E-state index contributed by atoms with van der Waals surface area (Å²) >= 11 is 6.84. The van der Waals surface area contributed by atoms with Gasteiger partial charge in [0.1, 0.15) is 30.1 Å². The molecule has 2 aliphatic rings. The fourth-order valence-corrected chi connectivity index (χ4v) is 4.99. The first-order chi connectivity index (χ1) is 18.5. The van der Waals surface area contributed by atoms with Crippen LogP contribution >= 0.6 is 11.6 Å². The van der Waals surface area contributed by atoms with E-state index in [1.54, 1.807) is 0 Å². The Kier molecular flexibility index (Phi) is 6.90. The molecule has 0 unspecified atom stereocenters. The number of pyridine rings is 1. The third kappa shape index (κ3) is 5.45. The fourth-order valence-electron chi connectivity index (χ4n) is 4.74. The van der Waals surface area contributed by atoms with Gasteiger partial charge in [0.25, 0.3) is 0 Å². The lowest BCUT2D eigenvalue weighted by molar-refractivity contribution is 0.191. The monoisotopic (exact) mass is 533 g/mol. The zero-order valence-corrected chi connectivity index (χ0v) is 22.5. The number of aromatic nitrogens is 5. The smallest absolute Gasteiger partial charge is 0.245 e. The molecule has 0 amide bonds. The summed E-state index contributed by atoms with van der Waals surface area (Å²) in [5, 5.41) is 3.94. The number of imidazole rings is 1. The van der Waals surface area contributed by atoms with E-state index >= 15 is 0 Å². The van der Waals surface area contributed by atoms with E-state index in [1.807, 2.05) is 37.5 Å². The molecule has 9 nitrogen and oxygen atoms in total. The van der Waals surface area contributed by atoms with E-state index in [-0.39, 0.29) is 5.60 Å². The minimum Gasteiger partial charge on any atom is -0.492 e. The number of fused-ring (bicyclic) bond motifs is 1. The van der Waals surface area contributed by atoms with Crippen molar-refractivity contribution >= 4 is 22.8 Å². The molecular weight excluding hydrogens is 502 g/mol. The van der Waals surface area contributed by atoms with Crippen LogP contribution in [0.25, 0.3) is 22.6 Å². The summed E-state index contributed by atoms with van der Waals surface area (Å²) in [6, 6.07) is 7.89. The Morgan fingerprint density at radius 3 is 2.71 bits per heavy atom. The Bertz CT molecular complexity index is 1450. The topological polar surface area (TPSA) is 90.2 Å². The molecule has 38 heavy (non-hydrogen) atoms. The van der Waals surface area contributed by atoms with Gasteiger partial charge in [0.15, 0.2) is 11.2 Å². The van der Waals surface area contributed by atoms with Gasteiger partial charge in [0.05, 0.1) is 11.6 Å². The van der Waals surface area contributed by atoms with Crippen LogP contribution in [0.4, 0.5) is 0 Å². The molecule has 0 spiro atoms. The molecule has 0 bridgehead atoms. The van der Waals surface area contributed by atoms with E-state index in [9.17, 15) is 0 Å². The molecule has 1 saturated heterocycles. The minimum absolute atomic E-state index is 0.187. The highest BCUT2D eigenvalue weighted by atomic mass is 35.5. The zero-order chi connectivity index (χ0) is 26.1. The molecule has 10 heteroatoms. The summed E-state index contributed by atoms with van der Waals surface area (Å²) in [5.74, 6) is 1.94. The van der Waals surface area contributed by atoms with Crippen molar-refractivity contribution in [1.82, 2.24) is 34.7 Å². The van der Waals surface area contributed by atoms with Crippen molar-refractivity contribution in [3.63, 3.8) is 0 Å². The predicted molar refractivity (Wildman–Crippen MR) is 147 cm³/mol. The molecule has 198 valence electrons. The van der Waals surface area contributed by atoms with Crippen molar-refractivity contribution in [2.45, 2.75) is 38.8 Å². The largest absolute Gasteiger partial charge is 0.492 e. The normalized spacial score (nSPS) is 17.0. The van der Waals surface area contributed by atoms with Gasteiger partial charge in [-0.05, 0) is 56.0 Å². The van der Waals surface area contributed by atoms with Crippen LogP contribution in [0, 0.1) is 6.92 Å². The number of rotatable bonds is 9. The molecule has 4 aromatic rings. The first-order valence-corrected chi connectivity index (χ1v) is 13.5. The van der Waals surface area contributed by atoms with Crippen molar-refractivity contribution in [3.8, 4) is 23.0 Å². The second-order valence-electron chi connectivity index (χ2n) is 10.4. The lowest BCUT2D eigenvalue weighted by atomic mass is 10.2. The molecule has 1 aromatic carbocycles. The van der Waals surface area contributed by atoms with Crippen LogP contribution in [0.15, 0.2) is 43.0 Å². The van der Waals surface area contributed by atoms with Gasteiger partial charge < -0.3 is 19.4 Å². The van der Waals surface area contributed by atoms with E-state index in [0.717, 1.165) is 68.0 Å². The molecule has 1 saturated carbocycles. The number of nitrogens with zero attached hydrogens (tertiary/aromatic N) is 6. The highest BCUT2D eigenvalue weighted by Crippen LogP contribution is 2.41. The van der Waals surface area contributed by atoms with Crippen LogP contribution in [0.2, 0.25) is 5.02 Å². The quantitative estimate of drug-likeness (QED) is 0.344. The number of hydrogen-bond donors (Lipinski definition) is 1. The van der Waals surface area contributed by atoms with Crippen LogP contribution in [0.3, 0.4) is 0 Å². The van der Waals surface area contributed by atoms with Crippen molar-refractivity contribution in [3.05, 3.63) is 59.1 Å². The van der Waals surface area contributed by atoms with E-state index in [4.69, 9.17) is 26.1 Å². The van der Waals surface area contributed by atoms with Gasteiger partial charge in [-0.15, -0.1) is 0 Å². The average molecular weight is 534 g/mol. The van der Waals surface area contributed by atoms with Crippen LogP contribution < -0.4 is 14.8 Å². The molecule has 2 fully saturated rings. The Morgan fingerprint density at radius 2 is 1.95 bits per heavy atom. The van der Waals surface area contributed by atoms with Gasteiger partial charge in [-0.25, -0.2) is 9.97 Å². The maximum Gasteiger partial charge on any atom is 0.245 e. The summed E-state index contributed by atoms with van der Waals surface area (Å²) in [6.45, 7) is 10.3. The van der Waals surface area contributed by atoms with E-state index in [2.05, 4.69) is 42.7 Å². The zero-order valence-electron chi connectivity index (χ0n) is 21.8.